The highest BCUT2D eigenvalue weighted by molar-refractivity contribution is 5.80. The van der Waals surface area contributed by atoms with Crippen LogP contribution in [0.3, 0.4) is 0 Å². The van der Waals surface area contributed by atoms with Crippen molar-refractivity contribution in [3.8, 4) is 11.5 Å². The summed E-state index contributed by atoms with van der Waals surface area (Å²) in [5, 5.41) is 8.57. The van der Waals surface area contributed by atoms with Gasteiger partial charge in [-0.3, -0.25) is 0 Å². The summed E-state index contributed by atoms with van der Waals surface area (Å²) in [5.41, 5.74) is 1.70. The molecular formula is C16H16N4O. The molecule has 21 heavy (non-hydrogen) atoms. The van der Waals surface area contributed by atoms with E-state index in [0.29, 0.717) is 17.6 Å². The van der Waals surface area contributed by atoms with Crippen molar-refractivity contribution in [3.63, 3.8) is 0 Å². The molecule has 5 heteroatoms. The Morgan fingerprint density at radius 2 is 2.05 bits per heavy atom. The van der Waals surface area contributed by atoms with Gasteiger partial charge in [-0.15, -0.1) is 0 Å². The molecule has 0 aliphatic carbocycles. The lowest BCUT2D eigenvalue weighted by atomic mass is 10.00. The molecule has 0 saturated carbocycles. The van der Waals surface area contributed by atoms with Gasteiger partial charge >= 0.3 is 0 Å². The Morgan fingerprint density at radius 3 is 2.95 bits per heavy atom. The fourth-order valence-electron chi connectivity index (χ4n) is 2.76. The predicted molar refractivity (Wildman–Crippen MR) is 79.9 cm³/mol. The first-order chi connectivity index (χ1) is 10.4. The smallest absolute Gasteiger partial charge is 0.231 e. The Kier molecular flexibility index (Phi) is 3.12. The van der Waals surface area contributed by atoms with Gasteiger partial charge in [-0.05, 0) is 31.5 Å². The van der Waals surface area contributed by atoms with Crippen molar-refractivity contribution in [3.05, 3.63) is 42.3 Å². The van der Waals surface area contributed by atoms with E-state index in [1.807, 2.05) is 36.4 Å². The Balaban J connectivity index is 1.67. The maximum atomic E-state index is 5.43. The molecule has 1 aromatic carbocycles. The fourth-order valence-corrected chi connectivity index (χ4v) is 2.76. The van der Waals surface area contributed by atoms with E-state index in [4.69, 9.17) is 4.52 Å². The molecule has 0 spiro atoms. The second kappa shape index (κ2) is 5.26. The Labute approximate surface area is 122 Å². The van der Waals surface area contributed by atoms with Crippen LogP contribution in [0.4, 0.5) is 0 Å². The quantitative estimate of drug-likeness (QED) is 0.782. The van der Waals surface area contributed by atoms with Gasteiger partial charge in [0.1, 0.15) is 5.69 Å². The number of hydrogen-bond donors (Lipinski definition) is 1. The Morgan fingerprint density at radius 1 is 1.10 bits per heavy atom. The molecule has 0 amide bonds. The summed E-state index contributed by atoms with van der Waals surface area (Å²) in [6.45, 7) is 1.98. The van der Waals surface area contributed by atoms with Gasteiger partial charge in [0.2, 0.25) is 11.7 Å². The highest BCUT2D eigenvalue weighted by Crippen LogP contribution is 2.24. The number of fused-ring (bicyclic) bond motifs is 1. The van der Waals surface area contributed by atoms with Crippen LogP contribution in [-0.2, 0) is 0 Å². The summed E-state index contributed by atoms with van der Waals surface area (Å²) in [4.78, 5) is 9.13. The second-order valence-corrected chi connectivity index (χ2v) is 5.39. The lowest BCUT2D eigenvalue weighted by Gasteiger charge is -2.18. The minimum Gasteiger partial charge on any atom is -0.339 e. The normalized spacial score (nSPS) is 19.0. The van der Waals surface area contributed by atoms with Crippen molar-refractivity contribution in [1.82, 2.24) is 20.4 Å². The van der Waals surface area contributed by atoms with Crippen molar-refractivity contribution < 1.29 is 4.52 Å². The maximum absolute atomic E-state index is 5.43. The zero-order valence-corrected chi connectivity index (χ0v) is 11.6. The van der Waals surface area contributed by atoms with Crippen LogP contribution in [0.15, 0.2) is 40.9 Å². The molecular weight excluding hydrogens is 264 g/mol. The minimum absolute atomic E-state index is 0.320. The van der Waals surface area contributed by atoms with E-state index in [-0.39, 0.29) is 0 Å². The van der Waals surface area contributed by atoms with Crippen molar-refractivity contribution in [2.75, 3.05) is 13.1 Å². The van der Waals surface area contributed by atoms with Crippen molar-refractivity contribution >= 4 is 10.9 Å². The standard InChI is InChI=1S/C16H16N4O/c1-2-6-13-11(4-1)7-8-14(18-13)15-19-16(21-20-15)12-5-3-9-17-10-12/h1-2,4,6-8,12,17H,3,5,9-10H2. The van der Waals surface area contributed by atoms with Gasteiger partial charge in [0, 0.05) is 11.9 Å². The molecule has 0 bridgehead atoms. The molecule has 2 aromatic heterocycles. The molecule has 1 aliphatic rings. The van der Waals surface area contributed by atoms with Crippen LogP contribution in [0.25, 0.3) is 22.4 Å². The van der Waals surface area contributed by atoms with Gasteiger partial charge in [-0.1, -0.05) is 29.4 Å². The van der Waals surface area contributed by atoms with E-state index < -0.39 is 0 Å². The van der Waals surface area contributed by atoms with E-state index in [1.165, 1.54) is 0 Å². The molecule has 106 valence electrons. The van der Waals surface area contributed by atoms with Crippen LogP contribution in [0, 0.1) is 0 Å². The molecule has 1 aliphatic heterocycles. The van der Waals surface area contributed by atoms with Crippen LogP contribution >= 0.6 is 0 Å². The third-order valence-corrected chi connectivity index (χ3v) is 3.92. The minimum atomic E-state index is 0.320. The Hall–Kier alpha value is -2.27. The molecule has 3 heterocycles. The summed E-state index contributed by atoms with van der Waals surface area (Å²) < 4.78 is 5.43. The predicted octanol–water partition coefficient (Wildman–Crippen LogP) is 2.75. The first kappa shape index (κ1) is 12.5. The number of hydrogen-bond acceptors (Lipinski definition) is 5. The van der Waals surface area contributed by atoms with Crippen LogP contribution in [0.2, 0.25) is 0 Å². The zero-order valence-electron chi connectivity index (χ0n) is 11.6. The molecule has 3 aromatic rings. The highest BCUT2D eigenvalue weighted by atomic mass is 16.5. The fraction of sp³-hybridized carbons (Fsp3) is 0.312. The number of rotatable bonds is 2. The summed E-state index contributed by atoms with van der Waals surface area (Å²) in [6.07, 6.45) is 2.25. The van der Waals surface area contributed by atoms with Crippen LogP contribution < -0.4 is 5.32 Å². The number of pyridine rings is 1. The number of para-hydroxylation sites is 1. The van der Waals surface area contributed by atoms with E-state index >= 15 is 0 Å². The third-order valence-electron chi connectivity index (χ3n) is 3.92. The molecule has 0 radical (unpaired) electrons. The lowest BCUT2D eigenvalue weighted by Crippen LogP contribution is -2.28. The van der Waals surface area contributed by atoms with E-state index in [0.717, 1.165) is 42.5 Å². The van der Waals surface area contributed by atoms with Crippen molar-refractivity contribution in [2.24, 2.45) is 0 Å². The number of nitrogens with zero attached hydrogens (tertiary/aromatic N) is 3. The number of aromatic nitrogens is 3. The summed E-state index contributed by atoms with van der Waals surface area (Å²) in [5.74, 6) is 1.61. The summed E-state index contributed by atoms with van der Waals surface area (Å²) >= 11 is 0. The summed E-state index contributed by atoms with van der Waals surface area (Å²) in [7, 11) is 0. The summed E-state index contributed by atoms with van der Waals surface area (Å²) in [6, 6.07) is 12.0. The van der Waals surface area contributed by atoms with Crippen molar-refractivity contribution in [1.29, 1.82) is 0 Å². The van der Waals surface area contributed by atoms with E-state index in [2.05, 4.69) is 20.4 Å². The monoisotopic (exact) mass is 280 g/mol. The second-order valence-electron chi connectivity index (χ2n) is 5.39. The van der Waals surface area contributed by atoms with E-state index in [9.17, 15) is 0 Å². The van der Waals surface area contributed by atoms with E-state index in [1.54, 1.807) is 0 Å². The first-order valence-electron chi connectivity index (χ1n) is 7.31. The van der Waals surface area contributed by atoms with Crippen LogP contribution in [-0.4, -0.2) is 28.2 Å². The third kappa shape index (κ3) is 2.40. The maximum Gasteiger partial charge on any atom is 0.231 e. The molecule has 1 fully saturated rings. The molecule has 1 atom stereocenters. The SMILES string of the molecule is c1ccc2nc(-c3noc(C4CCCNC4)n3)ccc2c1. The average molecular weight is 280 g/mol. The van der Waals surface area contributed by atoms with Crippen molar-refractivity contribution in [2.45, 2.75) is 18.8 Å². The topological polar surface area (TPSA) is 63.8 Å². The number of piperidine rings is 1. The lowest BCUT2D eigenvalue weighted by molar-refractivity contribution is 0.322. The molecule has 1 N–H and O–H groups in total. The van der Waals surface area contributed by atoms with Gasteiger partial charge in [-0.2, -0.15) is 4.98 Å². The number of nitrogens with one attached hydrogen (secondary N) is 1. The highest BCUT2D eigenvalue weighted by Gasteiger charge is 2.22. The molecule has 1 unspecified atom stereocenters. The van der Waals surface area contributed by atoms with Crippen LogP contribution in [0.5, 0.6) is 0 Å². The molecule has 1 saturated heterocycles. The van der Waals surface area contributed by atoms with Crippen LogP contribution in [0.1, 0.15) is 24.7 Å². The van der Waals surface area contributed by atoms with Gasteiger partial charge in [0.15, 0.2) is 0 Å². The largest absolute Gasteiger partial charge is 0.339 e. The number of benzene rings is 1. The average Bonchev–Trinajstić information content (AvgIpc) is 3.05. The Bertz CT molecular complexity index is 762. The van der Waals surface area contributed by atoms with Gasteiger partial charge in [0.05, 0.1) is 11.4 Å². The zero-order chi connectivity index (χ0) is 14.1. The first-order valence-corrected chi connectivity index (χ1v) is 7.31. The van der Waals surface area contributed by atoms with Gasteiger partial charge < -0.3 is 9.84 Å². The molecule has 4 rings (SSSR count). The molecule has 5 nitrogen and oxygen atoms in total. The van der Waals surface area contributed by atoms with Gasteiger partial charge in [-0.25, -0.2) is 4.98 Å². The van der Waals surface area contributed by atoms with Gasteiger partial charge in [0.25, 0.3) is 0 Å².